The van der Waals surface area contributed by atoms with Crippen LogP contribution in [0.5, 0.6) is 0 Å². The first-order valence-corrected chi connectivity index (χ1v) is 10.8. The Labute approximate surface area is 190 Å². The molecule has 0 unspecified atom stereocenters. The standard InChI is InChI=1S/C22H17F3N6OS/c23-9-22(16-6-21(16,10-32)33-20(27)31-22)14-4-13(5-15(24)17(14)25)30-19-18-12(1-2-28-19)3-11(7-26)8-29-18/h1-5,8,16,32H,6,9-10H2,(H2,27,31)(H,28,30)/t16-,21-,22+/m0/s1. The smallest absolute Gasteiger partial charge is 0.164 e. The molecule has 4 N–H and O–H groups in total. The number of amidine groups is 1. The van der Waals surface area contributed by atoms with Crippen LogP contribution in [0.2, 0.25) is 0 Å². The van der Waals surface area contributed by atoms with Gasteiger partial charge in [0.25, 0.3) is 0 Å². The van der Waals surface area contributed by atoms with Crippen molar-refractivity contribution in [2.75, 3.05) is 18.6 Å². The van der Waals surface area contributed by atoms with E-state index in [1.54, 1.807) is 12.1 Å². The SMILES string of the molecule is N#Cc1cnc2c(Nc3cc(F)c(F)c([C@@]4(CF)N=C(N)S[C@]5(CO)C[C@@H]54)c3)nccc2c1. The van der Waals surface area contributed by atoms with E-state index in [1.807, 2.05) is 6.07 Å². The van der Waals surface area contributed by atoms with Crippen LogP contribution < -0.4 is 11.1 Å². The molecule has 0 saturated heterocycles. The van der Waals surface area contributed by atoms with Gasteiger partial charge in [-0.05, 0) is 24.6 Å². The van der Waals surface area contributed by atoms with Crippen molar-refractivity contribution in [3.63, 3.8) is 0 Å². The second kappa shape index (κ2) is 7.60. The third-order valence-corrected chi connectivity index (χ3v) is 7.46. The number of halogens is 3. The van der Waals surface area contributed by atoms with E-state index in [4.69, 9.17) is 11.0 Å². The number of nitrogens with one attached hydrogen (secondary N) is 1. The van der Waals surface area contributed by atoms with E-state index < -0.39 is 34.5 Å². The largest absolute Gasteiger partial charge is 0.395 e. The molecular formula is C22H17F3N6OS. The Balaban J connectivity index is 1.61. The van der Waals surface area contributed by atoms with Gasteiger partial charge in [-0.15, -0.1) is 0 Å². The Hall–Kier alpha value is -3.36. The highest BCUT2D eigenvalue weighted by molar-refractivity contribution is 8.15. The number of nitrogens with two attached hydrogens (primary N) is 1. The molecule has 2 aliphatic rings. The van der Waals surface area contributed by atoms with Crippen LogP contribution in [0.1, 0.15) is 17.5 Å². The third-order valence-electron chi connectivity index (χ3n) is 6.18. The van der Waals surface area contributed by atoms with E-state index in [0.29, 0.717) is 22.9 Å². The number of thioether (sulfide) groups is 1. The van der Waals surface area contributed by atoms with Crippen molar-refractivity contribution < 1.29 is 18.3 Å². The molecule has 5 rings (SSSR count). The molecule has 33 heavy (non-hydrogen) atoms. The van der Waals surface area contributed by atoms with Crippen molar-refractivity contribution in [1.29, 1.82) is 5.26 Å². The summed E-state index contributed by atoms with van der Waals surface area (Å²) in [6, 6.07) is 7.52. The Bertz CT molecular complexity index is 1360. The lowest BCUT2D eigenvalue weighted by atomic mass is 9.84. The summed E-state index contributed by atoms with van der Waals surface area (Å²) in [5.74, 6) is -2.70. The number of anilines is 2. The number of aliphatic hydroxyl groups is 1. The molecule has 0 spiro atoms. The zero-order valence-electron chi connectivity index (χ0n) is 17.0. The Morgan fingerprint density at radius 1 is 1.30 bits per heavy atom. The van der Waals surface area contributed by atoms with Gasteiger partial charge in [-0.25, -0.2) is 23.1 Å². The number of nitrogens with zero attached hydrogens (tertiary/aromatic N) is 4. The number of aromatic nitrogens is 2. The number of hydrogen-bond donors (Lipinski definition) is 3. The van der Waals surface area contributed by atoms with Gasteiger partial charge in [-0.1, -0.05) is 11.8 Å². The number of fused-ring (bicyclic) bond motifs is 2. The number of hydrogen-bond acceptors (Lipinski definition) is 8. The van der Waals surface area contributed by atoms with Crippen molar-refractivity contribution in [1.82, 2.24) is 9.97 Å². The molecule has 1 aliphatic carbocycles. The van der Waals surface area contributed by atoms with Gasteiger partial charge in [0.05, 0.1) is 16.9 Å². The summed E-state index contributed by atoms with van der Waals surface area (Å²) in [7, 11) is 0. The molecule has 0 amide bonds. The molecule has 0 bridgehead atoms. The minimum atomic E-state index is -1.74. The lowest BCUT2D eigenvalue weighted by molar-refractivity contribution is 0.230. The number of rotatable bonds is 5. The van der Waals surface area contributed by atoms with E-state index >= 15 is 4.39 Å². The number of nitriles is 1. The van der Waals surface area contributed by atoms with E-state index in [9.17, 15) is 13.9 Å². The Morgan fingerprint density at radius 3 is 2.85 bits per heavy atom. The van der Waals surface area contributed by atoms with Crippen LogP contribution in [0.15, 0.2) is 41.7 Å². The van der Waals surface area contributed by atoms with Gasteiger partial charge in [-0.2, -0.15) is 5.26 Å². The van der Waals surface area contributed by atoms with Crippen LogP contribution in [0, 0.1) is 28.9 Å². The maximum atomic E-state index is 15.0. The third kappa shape index (κ3) is 3.29. The number of alkyl halides is 1. The first-order valence-electron chi connectivity index (χ1n) is 9.98. The Morgan fingerprint density at radius 2 is 2.12 bits per heavy atom. The highest BCUT2D eigenvalue weighted by Crippen LogP contribution is 2.66. The van der Waals surface area contributed by atoms with Gasteiger partial charge in [0.1, 0.15) is 23.8 Å². The van der Waals surface area contributed by atoms with Crippen molar-refractivity contribution in [2.45, 2.75) is 16.7 Å². The molecule has 1 saturated carbocycles. The normalized spacial score (nSPS) is 25.8. The van der Waals surface area contributed by atoms with Gasteiger partial charge in [0.15, 0.2) is 22.6 Å². The van der Waals surface area contributed by atoms with Crippen LogP contribution >= 0.6 is 11.8 Å². The average Bonchev–Trinajstić information content (AvgIpc) is 3.56. The molecule has 1 aliphatic heterocycles. The lowest BCUT2D eigenvalue weighted by Crippen LogP contribution is -2.41. The quantitative estimate of drug-likeness (QED) is 0.522. The summed E-state index contributed by atoms with van der Waals surface area (Å²) < 4.78 is 43.5. The fourth-order valence-electron chi connectivity index (χ4n) is 4.48. The number of aliphatic imine (C=N–C) groups is 1. The molecule has 168 valence electrons. The zero-order chi connectivity index (χ0) is 23.4. The summed E-state index contributed by atoms with van der Waals surface area (Å²) in [5.41, 5.74) is 4.77. The van der Waals surface area contributed by atoms with E-state index in [1.165, 1.54) is 18.5 Å². The Kier molecular flexibility index (Phi) is 4.95. The number of pyridine rings is 2. The lowest BCUT2D eigenvalue weighted by Gasteiger charge is -2.34. The van der Waals surface area contributed by atoms with Crippen molar-refractivity contribution >= 4 is 39.3 Å². The van der Waals surface area contributed by atoms with Gasteiger partial charge >= 0.3 is 0 Å². The second-order valence-electron chi connectivity index (χ2n) is 8.10. The molecular weight excluding hydrogens is 453 g/mol. The van der Waals surface area contributed by atoms with Crippen molar-refractivity contribution in [2.24, 2.45) is 16.6 Å². The van der Waals surface area contributed by atoms with Gasteiger partial charge in [0, 0.05) is 41.0 Å². The predicted molar refractivity (Wildman–Crippen MR) is 119 cm³/mol. The molecule has 0 radical (unpaired) electrons. The topological polar surface area (TPSA) is 120 Å². The van der Waals surface area contributed by atoms with Gasteiger partial charge < -0.3 is 16.2 Å². The van der Waals surface area contributed by atoms with Crippen molar-refractivity contribution in [3.8, 4) is 6.07 Å². The van der Waals surface area contributed by atoms with Crippen LogP contribution in [-0.2, 0) is 5.54 Å². The summed E-state index contributed by atoms with van der Waals surface area (Å²) in [6.07, 6.45) is 3.24. The molecule has 3 atom stereocenters. The summed E-state index contributed by atoms with van der Waals surface area (Å²) in [5, 5.41) is 22.5. The van der Waals surface area contributed by atoms with E-state index in [-0.39, 0.29) is 28.8 Å². The van der Waals surface area contributed by atoms with Gasteiger partial charge in [0.2, 0.25) is 0 Å². The highest BCUT2D eigenvalue weighted by atomic mass is 32.2. The minimum absolute atomic E-state index is 0.0156. The number of aliphatic hydroxyl groups excluding tert-OH is 1. The maximum absolute atomic E-state index is 15.0. The highest BCUT2D eigenvalue weighted by Gasteiger charge is 2.68. The first kappa shape index (κ1) is 21.5. The zero-order valence-corrected chi connectivity index (χ0v) is 17.8. The molecule has 1 aromatic carbocycles. The van der Waals surface area contributed by atoms with Crippen LogP contribution in [-0.4, -0.2) is 38.3 Å². The summed E-state index contributed by atoms with van der Waals surface area (Å²) in [4.78, 5) is 12.7. The van der Waals surface area contributed by atoms with Gasteiger partial charge in [-0.3, -0.25) is 4.98 Å². The molecule has 7 nitrogen and oxygen atoms in total. The molecule has 1 fully saturated rings. The fraction of sp³-hybridized carbons (Fsp3) is 0.273. The minimum Gasteiger partial charge on any atom is -0.395 e. The van der Waals surface area contributed by atoms with Crippen molar-refractivity contribution in [3.05, 3.63) is 59.4 Å². The molecule has 3 aromatic rings. The van der Waals surface area contributed by atoms with Crippen LogP contribution in [0.3, 0.4) is 0 Å². The van der Waals surface area contributed by atoms with E-state index in [0.717, 1.165) is 17.8 Å². The second-order valence-corrected chi connectivity index (χ2v) is 9.54. The summed E-state index contributed by atoms with van der Waals surface area (Å²) >= 11 is 1.13. The first-order chi connectivity index (χ1) is 15.9. The monoisotopic (exact) mass is 470 g/mol. The molecule has 3 heterocycles. The molecule has 11 heteroatoms. The van der Waals surface area contributed by atoms with Crippen LogP contribution in [0.25, 0.3) is 10.9 Å². The van der Waals surface area contributed by atoms with Crippen LogP contribution in [0.4, 0.5) is 24.7 Å². The number of benzene rings is 1. The predicted octanol–water partition coefficient (Wildman–Crippen LogP) is 3.50. The molecule has 2 aromatic heterocycles. The summed E-state index contributed by atoms with van der Waals surface area (Å²) in [6.45, 7) is -1.38. The maximum Gasteiger partial charge on any atom is 0.164 e. The average molecular weight is 470 g/mol. The fourth-order valence-corrected chi connectivity index (χ4v) is 5.76. The van der Waals surface area contributed by atoms with E-state index in [2.05, 4.69) is 20.3 Å².